The van der Waals surface area contributed by atoms with E-state index >= 15 is 0 Å². The minimum Gasteiger partial charge on any atom is -0.481 e. The van der Waals surface area contributed by atoms with Crippen molar-refractivity contribution in [2.45, 2.75) is 12.3 Å². The summed E-state index contributed by atoms with van der Waals surface area (Å²) < 4.78 is 9.43. The highest BCUT2D eigenvalue weighted by Crippen LogP contribution is 2.46. The van der Waals surface area contributed by atoms with E-state index < -0.39 is 35.2 Å². The molecule has 1 aromatic rings. The van der Waals surface area contributed by atoms with Crippen molar-refractivity contribution in [3.63, 3.8) is 0 Å². The Bertz CT molecular complexity index is 683. The molecule has 2 rings (SSSR count). The van der Waals surface area contributed by atoms with E-state index in [4.69, 9.17) is 4.74 Å². The smallest absolute Gasteiger partial charge is 0.335 e. The summed E-state index contributed by atoms with van der Waals surface area (Å²) in [6.45, 7) is 1.47. The van der Waals surface area contributed by atoms with Crippen molar-refractivity contribution >= 4 is 23.9 Å². The highest BCUT2D eigenvalue weighted by Gasteiger charge is 2.67. The van der Waals surface area contributed by atoms with Gasteiger partial charge in [0.15, 0.2) is 11.7 Å². The molecule has 9 nitrogen and oxygen atoms in total. The molecule has 1 atom stereocenters. The molecule has 1 aliphatic rings. The molecule has 2 heterocycles. The highest BCUT2D eigenvalue weighted by molar-refractivity contribution is 6.18. The first-order valence-electron chi connectivity index (χ1n) is 6.00. The number of hydrogen-bond acceptors (Lipinski definition) is 7. The molecular formula is C13H11NO8. The fourth-order valence-electron chi connectivity index (χ4n) is 2.50. The van der Waals surface area contributed by atoms with E-state index in [-0.39, 0.29) is 17.0 Å². The number of aryl methyl sites for hydroxylation is 1. The third-order valence-electron chi connectivity index (χ3n) is 3.46. The maximum absolute atomic E-state index is 12.3. The van der Waals surface area contributed by atoms with Gasteiger partial charge in [0, 0.05) is 11.8 Å². The topological polar surface area (TPSA) is 140 Å². The van der Waals surface area contributed by atoms with Gasteiger partial charge in [-0.3, -0.25) is 19.4 Å². The lowest BCUT2D eigenvalue weighted by molar-refractivity contribution is -0.173. The van der Waals surface area contributed by atoms with Gasteiger partial charge < -0.3 is 19.7 Å². The number of hydrogen-bond donors (Lipinski definition) is 2. The number of methoxy groups -OCH3 is 1. The molecule has 0 saturated heterocycles. The first-order chi connectivity index (χ1) is 10.3. The van der Waals surface area contributed by atoms with Crippen LogP contribution in [0.5, 0.6) is 5.75 Å². The molecule has 0 bridgehead atoms. The molecule has 116 valence electrons. The van der Waals surface area contributed by atoms with Crippen molar-refractivity contribution in [3.05, 3.63) is 23.5 Å². The lowest BCUT2D eigenvalue weighted by Gasteiger charge is -2.26. The van der Waals surface area contributed by atoms with Gasteiger partial charge in [-0.15, -0.1) is 0 Å². The van der Waals surface area contributed by atoms with Crippen LogP contribution in [0, 0.1) is 12.8 Å². The van der Waals surface area contributed by atoms with Gasteiger partial charge in [-0.1, -0.05) is 0 Å². The monoisotopic (exact) mass is 309 g/mol. The number of carboxylic acid groups (broad SMARTS) is 2. The van der Waals surface area contributed by atoms with Crippen LogP contribution < -0.4 is 4.74 Å². The summed E-state index contributed by atoms with van der Waals surface area (Å²) in [6.07, 6.45) is 1.22. The van der Waals surface area contributed by atoms with Crippen LogP contribution in [0.3, 0.4) is 0 Å². The molecule has 0 radical (unpaired) electrons. The molecule has 0 amide bonds. The van der Waals surface area contributed by atoms with Crippen LogP contribution in [0.1, 0.15) is 11.3 Å². The van der Waals surface area contributed by atoms with E-state index in [0.717, 1.165) is 7.11 Å². The molecule has 0 spiro atoms. The Morgan fingerprint density at radius 3 is 2.41 bits per heavy atom. The number of carbonyl (C=O) groups is 4. The number of ether oxygens (including phenoxy) is 2. The van der Waals surface area contributed by atoms with Crippen LogP contribution >= 0.6 is 0 Å². The van der Waals surface area contributed by atoms with Gasteiger partial charge in [0.05, 0.1) is 12.8 Å². The molecule has 1 aromatic heterocycles. The largest absolute Gasteiger partial charge is 0.481 e. The number of aromatic nitrogens is 1. The predicted molar refractivity (Wildman–Crippen MR) is 67.1 cm³/mol. The van der Waals surface area contributed by atoms with E-state index in [1.54, 1.807) is 0 Å². The number of carbonyl (C=O) groups excluding carboxylic acids is 2. The quantitative estimate of drug-likeness (QED) is 0.556. The van der Waals surface area contributed by atoms with Gasteiger partial charge in [-0.05, 0) is 13.0 Å². The molecule has 22 heavy (non-hydrogen) atoms. The Kier molecular flexibility index (Phi) is 3.57. The summed E-state index contributed by atoms with van der Waals surface area (Å²) in [6, 6.07) is 1.17. The average molecular weight is 309 g/mol. The SMILES string of the molecule is COC(=O)C1(C(C(=O)O)C(=O)O)C(=O)Oc2c1ccnc2C. The molecule has 0 fully saturated rings. The van der Waals surface area contributed by atoms with Gasteiger partial charge in [0.1, 0.15) is 0 Å². The van der Waals surface area contributed by atoms with Crippen molar-refractivity contribution < 1.29 is 38.9 Å². The molecule has 0 saturated carbocycles. The second kappa shape index (κ2) is 5.10. The summed E-state index contributed by atoms with van der Waals surface area (Å²) in [7, 11) is 0.921. The summed E-state index contributed by atoms with van der Waals surface area (Å²) >= 11 is 0. The zero-order valence-electron chi connectivity index (χ0n) is 11.5. The third-order valence-corrected chi connectivity index (χ3v) is 3.46. The zero-order chi connectivity index (χ0) is 16.7. The fourth-order valence-corrected chi connectivity index (χ4v) is 2.50. The number of esters is 2. The minimum atomic E-state index is -2.62. The number of carboxylic acids is 2. The van der Waals surface area contributed by atoms with E-state index in [2.05, 4.69) is 9.72 Å². The average Bonchev–Trinajstić information content (AvgIpc) is 2.73. The molecule has 2 N–H and O–H groups in total. The van der Waals surface area contributed by atoms with Crippen LogP contribution in [0.25, 0.3) is 0 Å². The van der Waals surface area contributed by atoms with E-state index in [9.17, 15) is 29.4 Å². The summed E-state index contributed by atoms with van der Waals surface area (Å²) in [5, 5.41) is 18.4. The Balaban J connectivity index is 2.86. The van der Waals surface area contributed by atoms with Crippen molar-refractivity contribution in [1.29, 1.82) is 0 Å². The van der Waals surface area contributed by atoms with Crippen molar-refractivity contribution in [2.24, 2.45) is 5.92 Å². The zero-order valence-corrected chi connectivity index (χ0v) is 11.5. The van der Waals surface area contributed by atoms with Crippen LogP contribution in [-0.4, -0.2) is 46.2 Å². The Morgan fingerprint density at radius 2 is 1.91 bits per heavy atom. The van der Waals surface area contributed by atoms with E-state index in [0.29, 0.717) is 0 Å². The third kappa shape index (κ3) is 1.82. The maximum Gasteiger partial charge on any atom is 0.335 e. The van der Waals surface area contributed by atoms with E-state index in [1.165, 1.54) is 19.2 Å². The van der Waals surface area contributed by atoms with Crippen LogP contribution in [0.15, 0.2) is 12.3 Å². The van der Waals surface area contributed by atoms with Crippen molar-refractivity contribution in [1.82, 2.24) is 4.98 Å². The molecular weight excluding hydrogens is 298 g/mol. The Labute approximate surface area is 123 Å². The van der Waals surface area contributed by atoms with E-state index in [1.807, 2.05) is 0 Å². The predicted octanol–water partition coefficient (Wildman–Crippen LogP) is -0.495. The van der Waals surface area contributed by atoms with Crippen LogP contribution in [0.4, 0.5) is 0 Å². The minimum absolute atomic E-state index is 0.134. The summed E-state index contributed by atoms with van der Waals surface area (Å²) in [4.78, 5) is 51.1. The fraction of sp³-hybridized carbons (Fsp3) is 0.308. The number of pyridine rings is 1. The number of rotatable bonds is 4. The number of nitrogens with zero attached hydrogens (tertiary/aromatic N) is 1. The van der Waals surface area contributed by atoms with Crippen molar-refractivity contribution in [2.75, 3.05) is 7.11 Å². The molecule has 0 aromatic carbocycles. The molecule has 0 aliphatic carbocycles. The summed E-state index contributed by atoms with van der Waals surface area (Å²) in [5.41, 5.74) is -2.59. The summed E-state index contributed by atoms with van der Waals surface area (Å²) in [5.74, 6) is -8.90. The van der Waals surface area contributed by atoms with Crippen LogP contribution in [-0.2, 0) is 29.3 Å². The molecule has 9 heteroatoms. The second-order valence-electron chi connectivity index (χ2n) is 4.57. The maximum atomic E-state index is 12.3. The highest BCUT2D eigenvalue weighted by atomic mass is 16.6. The van der Waals surface area contributed by atoms with Crippen molar-refractivity contribution in [3.8, 4) is 5.75 Å². The van der Waals surface area contributed by atoms with Gasteiger partial charge in [0.2, 0.25) is 5.41 Å². The number of fused-ring (bicyclic) bond motifs is 1. The first kappa shape index (κ1) is 15.4. The number of aliphatic carboxylic acids is 2. The lowest BCUT2D eigenvalue weighted by Crippen LogP contribution is -2.54. The second-order valence-corrected chi connectivity index (χ2v) is 4.57. The normalized spacial score (nSPS) is 19.5. The van der Waals surface area contributed by atoms with Gasteiger partial charge >= 0.3 is 23.9 Å². The Morgan fingerprint density at radius 1 is 1.32 bits per heavy atom. The lowest BCUT2D eigenvalue weighted by atomic mass is 9.71. The van der Waals surface area contributed by atoms with Crippen LogP contribution in [0.2, 0.25) is 0 Å². The Hall–Kier alpha value is -2.97. The van der Waals surface area contributed by atoms with Gasteiger partial charge in [0.25, 0.3) is 0 Å². The molecule has 1 unspecified atom stereocenters. The molecule has 1 aliphatic heterocycles. The first-order valence-corrected chi connectivity index (χ1v) is 6.00. The standard InChI is InChI=1S/C13H11NO8/c1-5-8-6(3-4-14-5)13(11(19)21-2,12(20)22-8)7(9(15)16)10(17)18/h3-4,7H,1-2H3,(H,15,16)(H,17,18). The van der Waals surface area contributed by atoms with Gasteiger partial charge in [-0.25, -0.2) is 4.79 Å². The van der Waals surface area contributed by atoms with Gasteiger partial charge in [-0.2, -0.15) is 0 Å².